The maximum atomic E-state index is 15.0. The van der Waals surface area contributed by atoms with Gasteiger partial charge in [-0.2, -0.15) is 0 Å². The number of sulfonamides is 1. The molecule has 0 unspecified atom stereocenters. The van der Waals surface area contributed by atoms with E-state index in [4.69, 9.17) is 11.6 Å². The molecular weight excluding hydrogens is 625 g/mol. The standard InChI is InChI=1S/C36H39ClFN3O4S/c1-4-5-21-39-36(43)34(22-28-11-7-6-8-12-28)40(24-29-13-9-10-14-33(29)38)35(42)25-41(30-18-17-27(3)32(37)23-30)46(44,45)31-19-15-26(2)16-20-31/h6-20,23,34H,4-5,21-22,24-25H2,1-3H3,(H,39,43)/t34-/m0/s1. The molecule has 0 aromatic heterocycles. The molecule has 4 aromatic carbocycles. The van der Waals surface area contributed by atoms with Gasteiger partial charge in [0, 0.05) is 30.1 Å². The zero-order chi connectivity index (χ0) is 33.3. The van der Waals surface area contributed by atoms with Gasteiger partial charge in [-0.05, 0) is 61.7 Å². The first-order valence-corrected chi connectivity index (χ1v) is 17.0. The van der Waals surface area contributed by atoms with Crippen molar-refractivity contribution < 1.29 is 22.4 Å². The molecule has 4 rings (SSSR count). The molecule has 0 bridgehead atoms. The Labute approximate surface area is 276 Å². The van der Waals surface area contributed by atoms with Crippen LogP contribution in [0.2, 0.25) is 5.02 Å². The van der Waals surface area contributed by atoms with Crippen LogP contribution in [0, 0.1) is 19.7 Å². The highest BCUT2D eigenvalue weighted by atomic mass is 35.5. The van der Waals surface area contributed by atoms with Gasteiger partial charge < -0.3 is 10.2 Å². The molecule has 0 aliphatic rings. The number of carbonyl (C=O) groups excluding carboxylic acids is 2. The number of anilines is 1. The van der Waals surface area contributed by atoms with E-state index in [1.54, 1.807) is 49.4 Å². The molecule has 0 saturated heterocycles. The maximum absolute atomic E-state index is 15.0. The number of hydrogen-bond donors (Lipinski definition) is 1. The van der Waals surface area contributed by atoms with E-state index in [2.05, 4.69) is 5.32 Å². The Balaban J connectivity index is 1.81. The number of nitrogens with zero attached hydrogens (tertiary/aromatic N) is 2. The lowest BCUT2D eigenvalue weighted by atomic mass is 10.0. The molecule has 10 heteroatoms. The second kappa shape index (κ2) is 15.9. The van der Waals surface area contributed by atoms with E-state index >= 15 is 4.39 Å². The first-order valence-electron chi connectivity index (χ1n) is 15.2. The highest BCUT2D eigenvalue weighted by Crippen LogP contribution is 2.29. The summed E-state index contributed by atoms with van der Waals surface area (Å²) in [6.45, 7) is 5.13. The molecule has 0 heterocycles. The largest absolute Gasteiger partial charge is 0.354 e. The summed E-state index contributed by atoms with van der Waals surface area (Å²) in [5, 5.41) is 3.25. The number of nitrogens with one attached hydrogen (secondary N) is 1. The molecule has 0 aliphatic carbocycles. The highest BCUT2D eigenvalue weighted by molar-refractivity contribution is 7.92. The second-order valence-electron chi connectivity index (χ2n) is 11.2. The number of carbonyl (C=O) groups is 2. The number of unbranched alkanes of at least 4 members (excludes halogenated alkanes) is 1. The van der Waals surface area contributed by atoms with Crippen molar-refractivity contribution in [2.75, 3.05) is 17.4 Å². The summed E-state index contributed by atoms with van der Waals surface area (Å²) >= 11 is 6.43. The zero-order valence-corrected chi connectivity index (χ0v) is 27.8. The average molecular weight is 664 g/mol. The van der Waals surface area contributed by atoms with E-state index in [0.717, 1.165) is 33.8 Å². The van der Waals surface area contributed by atoms with E-state index in [1.807, 2.05) is 44.2 Å². The monoisotopic (exact) mass is 663 g/mol. The Morgan fingerprint density at radius 3 is 2.24 bits per heavy atom. The topological polar surface area (TPSA) is 86.8 Å². The minimum Gasteiger partial charge on any atom is -0.354 e. The number of halogens is 2. The molecule has 1 atom stereocenters. The molecule has 4 aromatic rings. The Morgan fingerprint density at radius 2 is 1.59 bits per heavy atom. The van der Waals surface area contributed by atoms with Crippen molar-refractivity contribution in [2.45, 2.75) is 57.5 Å². The van der Waals surface area contributed by atoms with Gasteiger partial charge in [-0.1, -0.05) is 97.2 Å². The minimum absolute atomic E-state index is 0.0126. The van der Waals surface area contributed by atoms with Crippen molar-refractivity contribution in [1.29, 1.82) is 0 Å². The van der Waals surface area contributed by atoms with Gasteiger partial charge in [0.2, 0.25) is 11.8 Å². The van der Waals surface area contributed by atoms with Crippen LogP contribution >= 0.6 is 11.6 Å². The summed E-state index contributed by atoms with van der Waals surface area (Å²) in [5.41, 5.74) is 2.77. The van der Waals surface area contributed by atoms with Crippen LogP contribution in [0.3, 0.4) is 0 Å². The van der Waals surface area contributed by atoms with E-state index in [9.17, 15) is 18.0 Å². The number of benzene rings is 4. The SMILES string of the molecule is CCCCNC(=O)[C@H](Cc1ccccc1)N(Cc1ccccc1F)C(=O)CN(c1ccc(C)c(Cl)c1)S(=O)(=O)c1ccc(C)cc1. The molecular formula is C36H39ClFN3O4S. The lowest BCUT2D eigenvalue weighted by Gasteiger charge is -2.34. The van der Waals surface area contributed by atoms with Crippen LogP contribution < -0.4 is 9.62 Å². The average Bonchev–Trinajstić information content (AvgIpc) is 3.04. The third-order valence-corrected chi connectivity index (χ3v) is 9.93. The summed E-state index contributed by atoms with van der Waals surface area (Å²) < 4.78 is 44.3. The van der Waals surface area contributed by atoms with Crippen molar-refractivity contribution >= 4 is 39.1 Å². The molecule has 7 nitrogen and oxygen atoms in total. The van der Waals surface area contributed by atoms with Gasteiger partial charge in [0.05, 0.1) is 10.6 Å². The van der Waals surface area contributed by atoms with Crippen LogP contribution in [0.4, 0.5) is 10.1 Å². The first-order chi connectivity index (χ1) is 22.0. The number of rotatable bonds is 14. The molecule has 0 saturated carbocycles. The third kappa shape index (κ3) is 8.73. The summed E-state index contributed by atoms with van der Waals surface area (Å²) in [5.74, 6) is -1.63. The fourth-order valence-corrected chi connectivity index (χ4v) is 6.55. The van der Waals surface area contributed by atoms with Crippen LogP contribution in [0.1, 0.15) is 42.0 Å². The lowest BCUT2D eigenvalue weighted by Crippen LogP contribution is -2.53. The van der Waals surface area contributed by atoms with Gasteiger partial charge in [-0.15, -0.1) is 0 Å². The summed E-state index contributed by atoms with van der Waals surface area (Å²) in [6.07, 6.45) is 1.73. The van der Waals surface area contributed by atoms with Gasteiger partial charge in [-0.25, -0.2) is 12.8 Å². The van der Waals surface area contributed by atoms with Crippen molar-refractivity contribution in [1.82, 2.24) is 10.2 Å². The third-order valence-electron chi connectivity index (χ3n) is 7.73. The van der Waals surface area contributed by atoms with E-state index < -0.39 is 40.2 Å². The Kier molecular flexibility index (Phi) is 12.0. The normalized spacial score (nSPS) is 11.9. The van der Waals surface area contributed by atoms with Gasteiger partial charge >= 0.3 is 0 Å². The van der Waals surface area contributed by atoms with E-state index in [1.165, 1.54) is 29.2 Å². The number of aryl methyl sites for hydroxylation is 2. The zero-order valence-electron chi connectivity index (χ0n) is 26.2. The lowest BCUT2D eigenvalue weighted by molar-refractivity contribution is -0.140. The molecule has 242 valence electrons. The fourth-order valence-electron chi connectivity index (χ4n) is 4.97. The smallest absolute Gasteiger partial charge is 0.264 e. The van der Waals surface area contributed by atoms with Crippen molar-refractivity contribution in [3.63, 3.8) is 0 Å². The molecule has 46 heavy (non-hydrogen) atoms. The van der Waals surface area contributed by atoms with Gasteiger partial charge in [0.25, 0.3) is 10.0 Å². The van der Waals surface area contributed by atoms with Gasteiger partial charge in [-0.3, -0.25) is 13.9 Å². The quantitative estimate of drug-likeness (QED) is 0.150. The van der Waals surface area contributed by atoms with Crippen LogP contribution in [-0.2, 0) is 32.6 Å². The molecule has 0 fully saturated rings. The predicted octanol–water partition coefficient (Wildman–Crippen LogP) is 6.85. The van der Waals surface area contributed by atoms with Crippen molar-refractivity contribution in [3.05, 3.63) is 130 Å². The minimum atomic E-state index is -4.28. The second-order valence-corrected chi connectivity index (χ2v) is 13.5. The van der Waals surface area contributed by atoms with E-state index in [-0.39, 0.29) is 29.1 Å². The summed E-state index contributed by atoms with van der Waals surface area (Å²) in [6, 6.07) is 25.3. The number of hydrogen-bond acceptors (Lipinski definition) is 4. The molecule has 0 radical (unpaired) electrons. The van der Waals surface area contributed by atoms with Crippen LogP contribution in [-0.4, -0.2) is 44.3 Å². The van der Waals surface area contributed by atoms with E-state index in [0.29, 0.717) is 11.6 Å². The van der Waals surface area contributed by atoms with Gasteiger partial charge in [0.1, 0.15) is 18.4 Å². The summed E-state index contributed by atoms with van der Waals surface area (Å²) in [4.78, 5) is 29.5. The molecule has 2 amide bonds. The predicted molar refractivity (Wildman–Crippen MR) is 181 cm³/mol. The Bertz CT molecular complexity index is 1750. The molecule has 0 aliphatic heterocycles. The number of amides is 2. The Hall–Kier alpha value is -4.21. The maximum Gasteiger partial charge on any atom is 0.264 e. The van der Waals surface area contributed by atoms with Crippen LogP contribution in [0.5, 0.6) is 0 Å². The Morgan fingerprint density at radius 1 is 0.913 bits per heavy atom. The van der Waals surface area contributed by atoms with Crippen molar-refractivity contribution in [2.24, 2.45) is 0 Å². The first kappa shape index (κ1) is 34.7. The molecule has 1 N–H and O–H groups in total. The highest BCUT2D eigenvalue weighted by Gasteiger charge is 2.35. The fraction of sp³-hybridized carbons (Fsp3) is 0.278. The van der Waals surface area contributed by atoms with Gasteiger partial charge in [0.15, 0.2) is 0 Å². The molecule has 0 spiro atoms. The van der Waals surface area contributed by atoms with Crippen LogP contribution in [0.15, 0.2) is 102 Å². The van der Waals surface area contributed by atoms with Crippen molar-refractivity contribution in [3.8, 4) is 0 Å². The van der Waals surface area contributed by atoms with Crippen LogP contribution in [0.25, 0.3) is 0 Å². The summed E-state index contributed by atoms with van der Waals surface area (Å²) in [7, 11) is -4.28.